The molecule has 11 heteroatoms. The average Bonchev–Trinajstić information content (AvgIpc) is 2.91. The summed E-state index contributed by atoms with van der Waals surface area (Å²) >= 11 is 0. The minimum atomic E-state index is -4.43. The van der Waals surface area contributed by atoms with E-state index >= 15 is 0 Å². The Morgan fingerprint density at radius 1 is 1.10 bits per heavy atom. The molecule has 2 aromatic carbocycles. The first kappa shape index (κ1) is 20.6. The van der Waals surface area contributed by atoms with Crippen molar-refractivity contribution < 1.29 is 31.1 Å². The molecule has 0 unspecified atom stereocenters. The number of amidine groups is 1. The quantitative estimate of drug-likeness (QED) is 0.741. The third-order valence-corrected chi connectivity index (χ3v) is 5.21. The second kappa shape index (κ2) is 8.11. The number of benzene rings is 2. The van der Waals surface area contributed by atoms with Crippen molar-refractivity contribution in [3.63, 3.8) is 0 Å². The molecule has 0 aromatic heterocycles. The second-order valence-corrected chi connectivity index (χ2v) is 7.71. The topological polar surface area (TPSA) is 96.9 Å². The molecular formula is C18H16F3N3O4S. The largest absolute Gasteiger partial charge is 0.484 e. The van der Waals surface area contributed by atoms with Crippen LogP contribution >= 0.6 is 0 Å². The summed E-state index contributed by atoms with van der Waals surface area (Å²) < 4.78 is 67.3. The molecule has 0 saturated heterocycles. The molecule has 154 valence electrons. The van der Waals surface area contributed by atoms with Crippen molar-refractivity contribution in [2.45, 2.75) is 17.5 Å². The van der Waals surface area contributed by atoms with Crippen molar-refractivity contribution >= 4 is 27.5 Å². The number of alkyl halides is 3. The molecule has 0 radical (unpaired) electrons. The van der Waals surface area contributed by atoms with Gasteiger partial charge in [0.15, 0.2) is 6.61 Å². The second-order valence-electron chi connectivity index (χ2n) is 6.06. The summed E-state index contributed by atoms with van der Waals surface area (Å²) in [6, 6.07) is 11.8. The Balaban J connectivity index is 1.53. The Morgan fingerprint density at radius 2 is 1.79 bits per heavy atom. The number of fused-ring (bicyclic) bond motifs is 1. The summed E-state index contributed by atoms with van der Waals surface area (Å²) in [4.78, 5) is 16.3. The number of anilines is 1. The van der Waals surface area contributed by atoms with Crippen LogP contribution in [0.15, 0.2) is 58.4 Å². The number of carbonyl (C=O) groups is 1. The fourth-order valence-corrected chi connectivity index (χ4v) is 3.79. The normalized spacial score (nSPS) is 16.2. The van der Waals surface area contributed by atoms with Gasteiger partial charge in [-0.15, -0.1) is 0 Å². The molecule has 0 atom stereocenters. The highest BCUT2D eigenvalue weighted by atomic mass is 32.2. The highest BCUT2D eigenvalue weighted by molar-refractivity contribution is 7.90. The molecule has 29 heavy (non-hydrogen) atoms. The summed E-state index contributed by atoms with van der Waals surface area (Å²) in [5.41, 5.74) is 0.830. The first-order valence-electron chi connectivity index (χ1n) is 8.40. The van der Waals surface area contributed by atoms with Crippen LogP contribution in [0.1, 0.15) is 12.0 Å². The highest BCUT2D eigenvalue weighted by Gasteiger charge is 2.30. The van der Waals surface area contributed by atoms with Gasteiger partial charge in [0.2, 0.25) is 5.91 Å². The number of hydrogen-bond acceptors (Lipinski definition) is 5. The maximum absolute atomic E-state index is 12.1. The van der Waals surface area contributed by atoms with Crippen molar-refractivity contribution in [2.24, 2.45) is 4.99 Å². The molecule has 1 heterocycles. The van der Waals surface area contributed by atoms with Crippen molar-refractivity contribution in [3.8, 4) is 5.75 Å². The van der Waals surface area contributed by atoms with E-state index in [0.29, 0.717) is 11.3 Å². The lowest BCUT2D eigenvalue weighted by Gasteiger charge is -2.10. The first-order chi connectivity index (χ1) is 13.6. The van der Waals surface area contributed by atoms with E-state index in [-0.39, 0.29) is 35.4 Å². The van der Waals surface area contributed by atoms with E-state index in [9.17, 15) is 26.4 Å². The van der Waals surface area contributed by atoms with Gasteiger partial charge in [0.25, 0.3) is 10.0 Å². The Bertz CT molecular complexity index is 1040. The molecule has 0 aliphatic carbocycles. The lowest BCUT2D eigenvalue weighted by molar-refractivity contribution is -0.153. The van der Waals surface area contributed by atoms with Crippen molar-refractivity contribution in [1.82, 2.24) is 4.72 Å². The smallest absolute Gasteiger partial charge is 0.422 e. The number of amides is 1. The Hall–Kier alpha value is -3.08. The maximum atomic E-state index is 12.1. The summed E-state index contributed by atoms with van der Waals surface area (Å²) in [5, 5.41) is 2.58. The Labute approximate surface area is 164 Å². The molecule has 0 saturated carbocycles. The van der Waals surface area contributed by atoms with Crippen LogP contribution in [0.4, 0.5) is 18.9 Å². The van der Waals surface area contributed by atoms with E-state index < -0.39 is 22.8 Å². The molecular weight excluding hydrogens is 411 g/mol. The van der Waals surface area contributed by atoms with Crippen molar-refractivity contribution in [1.29, 1.82) is 0 Å². The SMILES string of the molecule is O=C(CCN=C1NS(=O)(=O)c2ccccc21)Nc1ccc(OCC(F)(F)F)cc1. The van der Waals surface area contributed by atoms with Crippen LogP contribution in [0.3, 0.4) is 0 Å². The lowest BCUT2D eigenvalue weighted by Crippen LogP contribution is -2.23. The van der Waals surface area contributed by atoms with Gasteiger partial charge in [0.05, 0.1) is 11.4 Å². The van der Waals surface area contributed by atoms with E-state index in [0.717, 1.165) is 0 Å². The highest BCUT2D eigenvalue weighted by Crippen LogP contribution is 2.22. The minimum Gasteiger partial charge on any atom is -0.484 e. The van der Waals surface area contributed by atoms with Crippen LogP contribution in [-0.4, -0.2) is 39.5 Å². The van der Waals surface area contributed by atoms with E-state index in [1.807, 2.05) is 0 Å². The Kier molecular flexibility index (Phi) is 5.78. The first-order valence-corrected chi connectivity index (χ1v) is 9.88. The molecule has 2 N–H and O–H groups in total. The van der Waals surface area contributed by atoms with Gasteiger partial charge in [-0.05, 0) is 36.4 Å². The monoisotopic (exact) mass is 427 g/mol. The number of nitrogens with zero attached hydrogens (tertiary/aromatic N) is 1. The summed E-state index contributed by atoms with van der Waals surface area (Å²) in [6.07, 6.45) is -4.44. The predicted octanol–water partition coefficient (Wildman–Crippen LogP) is 2.70. The zero-order valence-electron chi connectivity index (χ0n) is 14.9. The van der Waals surface area contributed by atoms with Gasteiger partial charge in [0, 0.05) is 17.7 Å². The fourth-order valence-electron chi connectivity index (χ4n) is 2.54. The molecule has 1 aliphatic rings. The molecule has 1 aliphatic heterocycles. The average molecular weight is 427 g/mol. The minimum absolute atomic E-state index is 0.0142. The van der Waals surface area contributed by atoms with E-state index in [4.69, 9.17) is 0 Å². The number of sulfonamides is 1. The zero-order chi connectivity index (χ0) is 21.1. The molecule has 0 fully saturated rings. The number of aliphatic imine (C=N–C) groups is 1. The molecule has 7 nitrogen and oxygen atoms in total. The van der Waals surface area contributed by atoms with Crippen LogP contribution in [0, 0.1) is 0 Å². The standard InChI is InChI=1S/C18H16F3N3O4S/c19-18(20,21)11-28-13-7-5-12(6-8-13)23-16(25)9-10-22-17-14-3-1-2-4-15(14)29(26,27)24-17/h1-8H,9-11H2,(H,22,24)(H,23,25). The van der Waals surface area contributed by atoms with Gasteiger partial charge < -0.3 is 10.1 Å². The van der Waals surface area contributed by atoms with Crippen molar-refractivity contribution in [3.05, 3.63) is 54.1 Å². The third-order valence-electron chi connectivity index (χ3n) is 3.81. The number of carbonyl (C=O) groups excluding carboxylic acids is 1. The predicted molar refractivity (Wildman–Crippen MR) is 99.4 cm³/mol. The van der Waals surface area contributed by atoms with Gasteiger partial charge in [-0.25, -0.2) is 8.42 Å². The van der Waals surface area contributed by atoms with E-state index in [1.54, 1.807) is 18.2 Å². The number of rotatable bonds is 6. The number of nitrogens with one attached hydrogen (secondary N) is 2. The number of halogens is 3. The maximum Gasteiger partial charge on any atom is 0.422 e. The van der Waals surface area contributed by atoms with Gasteiger partial charge in [0.1, 0.15) is 11.6 Å². The van der Waals surface area contributed by atoms with E-state index in [2.05, 4.69) is 19.8 Å². The lowest BCUT2D eigenvalue weighted by atomic mass is 10.2. The third kappa shape index (κ3) is 5.47. The number of hydrogen-bond donors (Lipinski definition) is 2. The molecule has 2 aromatic rings. The van der Waals surface area contributed by atoms with Crippen molar-refractivity contribution in [2.75, 3.05) is 18.5 Å². The fraction of sp³-hybridized carbons (Fsp3) is 0.222. The Morgan fingerprint density at radius 3 is 2.48 bits per heavy atom. The van der Waals surface area contributed by atoms with Crippen LogP contribution in [0.5, 0.6) is 5.75 Å². The van der Waals surface area contributed by atoms with Crippen LogP contribution < -0.4 is 14.8 Å². The van der Waals surface area contributed by atoms with Crippen LogP contribution in [-0.2, 0) is 14.8 Å². The van der Waals surface area contributed by atoms with Gasteiger partial charge in [-0.3, -0.25) is 14.5 Å². The van der Waals surface area contributed by atoms with Gasteiger partial charge in [-0.1, -0.05) is 12.1 Å². The zero-order valence-corrected chi connectivity index (χ0v) is 15.7. The van der Waals surface area contributed by atoms with Crippen LogP contribution in [0.2, 0.25) is 0 Å². The molecule has 0 spiro atoms. The summed E-state index contributed by atoms with van der Waals surface area (Å²) in [5.74, 6) is -0.175. The molecule has 0 bridgehead atoms. The van der Waals surface area contributed by atoms with Gasteiger partial charge >= 0.3 is 6.18 Å². The van der Waals surface area contributed by atoms with Crippen LogP contribution in [0.25, 0.3) is 0 Å². The summed E-state index contributed by atoms with van der Waals surface area (Å²) in [6.45, 7) is -1.35. The van der Waals surface area contributed by atoms with Gasteiger partial charge in [-0.2, -0.15) is 13.2 Å². The molecule has 1 amide bonds. The molecule has 3 rings (SSSR count). The summed E-state index contributed by atoms with van der Waals surface area (Å²) in [7, 11) is -3.64. The van der Waals surface area contributed by atoms with E-state index in [1.165, 1.54) is 30.3 Å². The number of ether oxygens (including phenoxy) is 1.